The molecule has 1 atom stereocenters. The van der Waals surface area contributed by atoms with Crippen molar-refractivity contribution in [3.05, 3.63) is 29.8 Å². The molecule has 3 rings (SSSR count). The molecule has 1 aromatic carbocycles. The van der Waals surface area contributed by atoms with Gasteiger partial charge in [0.25, 0.3) is 0 Å². The Balaban J connectivity index is 1.68. The molecule has 2 aliphatic heterocycles. The smallest absolute Gasteiger partial charge is 0.399 e. The first-order valence-corrected chi connectivity index (χ1v) is 9.08. The van der Waals surface area contributed by atoms with Gasteiger partial charge in [-0.1, -0.05) is 24.3 Å². The van der Waals surface area contributed by atoms with Crippen LogP contribution in [0.4, 0.5) is 0 Å². The fourth-order valence-corrected chi connectivity index (χ4v) is 3.33. The molecule has 0 saturated carbocycles. The van der Waals surface area contributed by atoms with Crippen molar-refractivity contribution >= 4 is 12.6 Å². The van der Waals surface area contributed by atoms with E-state index in [9.17, 15) is 0 Å². The Morgan fingerprint density at radius 2 is 1.42 bits per heavy atom. The molecule has 0 amide bonds. The van der Waals surface area contributed by atoms with Crippen LogP contribution >= 0.6 is 0 Å². The van der Waals surface area contributed by atoms with Crippen LogP contribution in [-0.2, 0) is 9.31 Å². The van der Waals surface area contributed by atoms with Crippen molar-refractivity contribution < 1.29 is 9.31 Å². The number of rotatable bonds is 3. The molecule has 2 saturated heterocycles. The van der Waals surface area contributed by atoms with Gasteiger partial charge in [0, 0.05) is 32.2 Å². The summed E-state index contributed by atoms with van der Waals surface area (Å²) in [5, 5.41) is 0. The van der Waals surface area contributed by atoms with E-state index in [1.54, 1.807) is 0 Å². The second kappa shape index (κ2) is 6.45. The van der Waals surface area contributed by atoms with Crippen LogP contribution in [0.3, 0.4) is 0 Å². The molecule has 0 aliphatic carbocycles. The van der Waals surface area contributed by atoms with Crippen LogP contribution in [0.5, 0.6) is 0 Å². The normalized spacial score (nSPS) is 25.8. The molecule has 4 nitrogen and oxygen atoms in total. The highest BCUT2D eigenvalue weighted by Crippen LogP contribution is 2.36. The topological polar surface area (TPSA) is 24.9 Å². The van der Waals surface area contributed by atoms with Gasteiger partial charge >= 0.3 is 7.12 Å². The van der Waals surface area contributed by atoms with Crippen LogP contribution < -0.4 is 5.46 Å². The maximum Gasteiger partial charge on any atom is 0.494 e. The maximum atomic E-state index is 6.14. The van der Waals surface area contributed by atoms with Gasteiger partial charge in [-0.2, -0.15) is 0 Å². The van der Waals surface area contributed by atoms with Gasteiger partial charge in [0.15, 0.2) is 0 Å². The lowest BCUT2D eigenvalue weighted by Crippen LogP contribution is -2.45. The fourth-order valence-electron chi connectivity index (χ4n) is 3.33. The number of nitrogens with zero attached hydrogens (tertiary/aromatic N) is 2. The quantitative estimate of drug-likeness (QED) is 0.794. The summed E-state index contributed by atoms with van der Waals surface area (Å²) in [6.07, 6.45) is 0. The highest BCUT2D eigenvalue weighted by atomic mass is 16.7. The van der Waals surface area contributed by atoms with Crippen molar-refractivity contribution in [1.29, 1.82) is 0 Å². The van der Waals surface area contributed by atoms with E-state index in [0.717, 1.165) is 31.6 Å². The number of hydrogen-bond donors (Lipinski definition) is 0. The Bertz CT molecular complexity index is 549. The second-order valence-corrected chi connectivity index (χ2v) is 8.27. The third-order valence-corrected chi connectivity index (χ3v) is 6.03. The van der Waals surface area contributed by atoms with E-state index in [-0.39, 0.29) is 18.3 Å². The average Bonchev–Trinajstić information content (AvgIpc) is 2.76. The van der Waals surface area contributed by atoms with Gasteiger partial charge in [0.1, 0.15) is 0 Å². The number of likely N-dealkylation sites (N-methyl/N-ethyl adjacent to an activating group) is 1. The third kappa shape index (κ3) is 3.41. The summed E-state index contributed by atoms with van der Waals surface area (Å²) in [6, 6.07) is 9.21. The predicted molar refractivity (Wildman–Crippen MR) is 99.6 cm³/mol. The van der Waals surface area contributed by atoms with E-state index in [4.69, 9.17) is 9.31 Å². The van der Waals surface area contributed by atoms with Gasteiger partial charge in [-0.3, -0.25) is 4.90 Å². The molecule has 0 N–H and O–H groups in total. The molecule has 0 aromatic heterocycles. The van der Waals surface area contributed by atoms with E-state index >= 15 is 0 Å². The zero-order valence-corrected chi connectivity index (χ0v) is 16.0. The SMILES string of the molecule is C[C@@H](c1ccc(B2OC(C)(C)C(C)(C)O2)cc1)N1CCN(C)CC1. The Morgan fingerprint density at radius 1 is 0.917 bits per heavy atom. The van der Waals surface area contributed by atoms with Crippen LogP contribution in [0.25, 0.3) is 0 Å². The van der Waals surface area contributed by atoms with E-state index in [1.807, 2.05) is 0 Å². The van der Waals surface area contributed by atoms with Crippen molar-refractivity contribution in [3.63, 3.8) is 0 Å². The third-order valence-electron chi connectivity index (χ3n) is 6.03. The van der Waals surface area contributed by atoms with E-state index in [2.05, 4.69) is 75.7 Å². The zero-order valence-electron chi connectivity index (χ0n) is 16.0. The molecule has 5 heteroatoms. The lowest BCUT2D eigenvalue weighted by Gasteiger charge is -2.36. The van der Waals surface area contributed by atoms with E-state index in [1.165, 1.54) is 5.56 Å². The lowest BCUT2D eigenvalue weighted by atomic mass is 9.78. The molecule has 2 aliphatic rings. The maximum absolute atomic E-state index is 6.14. The highest BCUT2D eigenvalue weighted by molar-refractivity contribution is 6.62. The summed E-state index contributed by atoms with van der Waals surface area (Å²) >= 11 is 0. The van der Waals surface area contributed by atoms with E-state index < -0.39 is 0 Å². The van der Waals surface area contributed by atoms with Gasteiger partial charge < -0.3 is 14.2 Å². The summed E-state index contributed by atoms with van der Waals surface area (Å²) in [4.78, 5) is 4.95. The molecule has 24 heavy (non-hydrogen) atoms. The molecule has 2 fully saturated rings. The summed E-state index contributed by atoms with van der Waals surface area (Å²) in [5.74, 6) is 0. The van der Waals surface area contributed by atoms with Crippen molar-refractivity contribution in [3.8, 4) is 0 Å². The largest absolute Gasteiger partial charge is 0.494 e. The van der Waals surface area contributed by atoms with Gasteiger partial charge in [0.05, 0.1) is 11.2 Å². The molecule has 132 valence electrons. The molecule has 1 aromatic rings. The molecule has 0 bridgehead atoms. The van der Waals surface area contributed by atoms with Gasteiger partial charge in [-0.25, -0.2) is 0 Å². The zero-order chi connectivity index (χ0) is 17.5. The minimum atomic E-state index is -0.288. The van der Waals surface area contributed by atoms with Crippen molar-refractivity contribution in [2.45, 2.75) is 51.9 Å². The standard InChI is InChI=1S/C19H31BN2O2/c1-15(22-13-11-21(6)12-14-22)16-7-9-17(10-8-16)20-23-18(2,3)19(4,5)24-20/h7-10,15H,11-14H2,1-6H3/t15-/m0/s1. The van der Waals surface area contributed by atoms with Crippen LogP contribution in [-0.4, -0.2) is 61.3 Å². The minimum Gasteiger partial charge on any atom is -0.399 e. The van der Waals surface area contributed by atoms with Crippen LogP contribution in [0, 0.1) is 0 Å². The monoisotopic (exact) mass is 330 g/mol. The summed E-state index contributed by atoms with van der Waals surface area (Å²) in [7, 11) is 1.92. The van der Waals surface area contributed by atoms with Crippen LogP contribution in [0.15, 0.2) is 24.3 Å². The minimum absolute atomic E-state index is 0.275. The fraction of sp³-hybridized carbons (Fsp3) is 0.684. The molecule has 0 radical (unpaired) electrons. The number of hydrogen-bond acceptors (Lipinski definition) is 4. The summed E-state index contributed by atoms with van der Waals surface area (Å²) in [5.41, 5.74) is 1.88. The first kappa shape index (κ1) is 17.9. The van der Waals surface area contributed by atoms with Crippen molar-refractivity contribution in [1.82, 2.24) is 9.80 Å². The molecular weight excluding hydrogens is 299 g/mol. The Hall–Kier alpha value is -0.875. The number of benzene rings is 1. The first-order valence-electron chi connectivity index (χ1n) is 9.08. The van der Waals surface area contributed by atoms with Crippen molar-refractivity contribution in [2.75, 3.05) is 33.2 Å². The van der Waals surface area contributed by atoms with E-state index in [0.29, 0.717) is 6.04 Å². The van der Waals surface area contributed by atoms with Crippen LogP contribution in [0.1, 0.15) is 46.2 Å². The van der Waals surface area contributed by atoms with Gasteiger partial charge in [-0.15, -0.1) is 0 Å². The molecule has 2 heterocycles. The Kier molecular flexibility index (Phi) is 4.82. The van der Waals surface area contributed by atoms with Crippen LogP contribution in [0.2, 0.25) is 0 Å². The molecular formula is C19H31BN2O2. The Labute approximate surface area is 147 Å². The summed E-state index contributed by atoms with van der Waals surface area (Å²) in [6.45, 7) is 15.2. The highest BCUT2D eigenvalue weighted by Gasteiger charge is 2.51. The van der Waals surface area contributed by atoms with Gasteiger partial charge in [-0.05, 0) is 52.7 Å². The molecule has 0 spiro atoms. The lowest BCUT2D eigenvalue weighted by molar-refractivity contribution is 0.00578. The molecule has 0 unspecified atom stereocenters. The van der Waals surface area contributed by atoms with Crippen molar-refractivity contribution in [2.24, 2.45) is 0 Å². The first-order chi connectivity index (χ1) is 11.2. The predicted octanol–water partition coefficient (Wildman–Crippen LogP) is 2.29. The summed E-state index contributed by atoms with van der Waals surface area (Å²) < 4.78 is 12.3. The second-order valence-electron chi connectivity index (χ2n) is 8.27. The average molecular weight is 330 g/mol. The van der Waals surface area contributed by atoms with Gasteiger partial charge in [0.2, 0.25) is 0 Å². The Morgan fingerprint density at radius 3 is 1.92 bits per heavy atom. The number of piperazine rings is 1.